The van der Waals surface area contributed by atoms with Crippen molar-refractivity contribution in [1.29, 1.82) is 0 Å². The summed E-state index contributed by atoms with van der Waals surface area (Å²) in [6.45, 7) is 8.57. The van der Waals surface area contributed by atoms with Crippen molar-refractivity contribution in [2.24, 2.45) is 11.8 Å². The van der Waals surface area contributed by atoms with Crippen molar-refractivity contribution in [3.05, 3.63) is 42.0 Å². The van der Waals surface area contributed by atoms with Crippen LogP contribution in [0.4, 0.5) is 5.00 Å². The van der Waals surface area contributed by atoms with Crippen molar-refractivity contribution in [1.82, 2.24) is 4.90 Å². The molecule has 1 fully saturated rings. The fourth-order valence-electron chi connectivity index (χ4n) is 3.59. The Morgan fingerprint density at radius 3 is 2.56 bits per heavy atom. The second-order valence-electron chi connectivity index (χ2n) is 7.22. The summed E-state index contributed by atoms with van der Waals surface area (Å²) < 4.78 is 5.25. The SMILES string of the molecule is CCOC(=O)c1cc(-c2ccccc2)sc1NC(=S)N1CC(C)CC(C)C1. The van der Waals surface area contributed by atoms with Crippen molar-refractivity contribution in [2.75, 3.05) is 25.0 Å². The van der Waals surface area contributed by atoms with Crippen molar-refractivity contribution in [2.45, 2.75) is 27.2 Å². The van der Waals surface area contributed by atoms with Gasteiger partial charge in [0.1, 0.15) is 5.00 Å². The molecule has 144 valence electrons. The van der Waals surface area contributed by atoms with Gasteiger partial charge >= 0.3 is 5.97 Å². The molecule has 1 saturated heterocycles. The number of thiophene rings is 1. The van der Waals surface area contributed by atoms with E-state index in [2.05, 4.69) is 24.1 Å². The second kappa shape index (κ2) is 8.85. The summed E-state index contributed by atoms with van der Waals surface area (Å²) in [5.74, 6) is 0.907. The molecule has 1 aromatic heterocycles. The average molecular weight is 403 g/mol. The molecule has 0 amide bonds. The summed E-state index contributed by atoms with van der Waals surface area (Å²) in [5.41, 5.74) is 1.62. The summed E-state index contributed by atoms with van der Waals surface area (Å²) in [6, 6.07) is 11.9. The smallest absolute Gasteiger partial charge is 0.341 e. The van der Waals surface area contributed by atoms with E-state index < -0.39 is 0 Å². The van der Waals surface area contributed by atoms with Gasteiger partial charge in [0.15, 0.2) is 5.11 Å². The number of rotatable bonds is 4. The monoisotopic (exact) mass is 402 g/mol. The molecule has 1 aromatic carbocycles. The van der Waals surface area contributed by atoms with E-state index in [-0.39, 0.29) is 5.97 Å². The second-order valence-corrected chi connectivity index (χ2v) is 8.66. The fourth-order valence-corrected chi connectivity index (χ4v) is 4.96. The summed E-state index contributed by atoms with van der Waals surface area (Å²) in [5, 5.41) is 4.76. The van der Waals surface area contributed by atoms with Gasteiger partial charge in [-0.3, -0.25) is 0 Å². The number of esters is 1. The van der Waals surface area contributed by atoms with Crippen LogP contribution in [0.25, 0.3) is 10.4 Å². The Kier molecular flexibility index (Phi) is 6.50. The number of likely N-dealkylation sites (tertiary alicyclic amines) is 1. The van der Waals surface area contributed by atoms with Crippen LogP contribution in [-0.2, 0) is 4.74 Å². The maximum absolute atomic E-state index is 12.5. The molecule has 0 radical (unpaired) electrons. The quantitative estimate of drug-likeness (QED) is 0.558. The van der Waals surface area contributed by atoms with Gasteiger partial charge in [0, 0.05) is 18.0 Å². The minimum Gasteiger partial charge on any atom is -0.462 e. The molecular formula is C21H26N2O2S2. The van der Waals surface area contributed by atoms with Crippen LogP contribution in [0.2, 0.25) is 0 Å². The first-order valence-electron chi connectivity index (χ1n) is 9.40. The largest absolute Gasteiger partial charge is 0.462 e. The topological polar surface area (TPSA) is 41.6 Å². The number of anilines is 1. The number of hydrogen-bond donors (Lipinski definition) is 1. The van der Waals surface area contributed by atoms with Gasteiger partial charge in [-0.2, -0.15) is 0 Å². The Morgan fingerprint density at radius 1 is 1.26 bits per heavy atom. The average Bonchev–Trinajstić information content (AvgIpc) is 3.06. The van der Waals surface area contributed by atoms with Gasteiger partial charge in [-0.1, -0.05) is 44.2 Å². The van der Waals surface area contributed by atoms with Gasteiger partial charge in [-0.25, -0.2) is 4.79 Å². The summed E-state index contributed by atoms with van der Waals surface area (Å²) in [7, 11) is 0. The molecule has 0 spiro atoms. The van der Waals surface area contributed by atoms with E-state index in [1.165, 1.54) is 17.8 Å². The summed E-state index contributed by atoms with van der Waals surface area (Å²) in [6.07, 6.45) is 1.23. The van der Waals surface area contributed by atoms with Crippen LogP contribution < -0.4 is 5.32 Å². The molecule has 2 unspecified atom stereocenters. The molecule has 4 nitrogen and oxygen atoms in total. The van der Waals surface area contributed by atoms with Crippen LogP contribution in [0, 0.1) is 11.8 Å². The third-order valence-electron chi connectivity index (χ3n) is 4.66. The molecule has 2 aromatic rings. The van der Waals surface area contributed by atoms with Gasteiger partial charge < -0.3 is 15.0 Å². The van der Waals surface area contributed by atoms with E-state index in [0.717, 1.165) is 28.5 Å². The fraction of sp³-hybridized carbons (Fsp3) is 0.429. The molecule has 3 rings (SSSR count). The number of ether oxygens (including phenoxy) is 1. The zero-order valence-electron chi connectivity index (χ0n) is 16.0. The minimum atomic E-state index is -0.318. The number of piperidine rings is 1. The number of thiocarbonyl (C=S) groups is 1. The summed E-state index contributed by atoms with van der Waals surface area (Å²) in [4.78, 5) is 15.7. The highest BCUT2D eigenvalue weighted by atomic mass is 32.1. The number of hydrogen-bond acceptors (Lipinski definition) is 4. The molecule has 2 atom stereocenters. The predicted octanol–water partition coefficient (Wildman–Crippen LogP) is 5.27. The van der Waals surface area contributed by atoms with E-state index in [9.17, 15) is 4.79 Å². The number of benzene rings is 1. The zero-order chi connectivity index (χ0) is 19.4. The van der Waals surface area contributed by atoms with E-state index in [0.29, 0.717) is 29.1 Å². The lowest BCUT2D eigenvalue weighted by atomic mass is 9.92. The van der Waals surface area contributed by atoms with Gasteiger partial charge in [0.2, 0.25) is 0 Å². The maximum Gasteiger partial charge on any atom is 0.341 e. The third kappa shape index (κ3) is 4.87. The van der Waals surface area contributed by atoms with Crippen LogP contribution in [0.15, 0.2) is 36.4 Å². The van der Waals surface area contributed by atoms with Gasteiger partial charge in [0.05, 0.1) is 12.2 Å². The first-order chi connectivity index (χ1) is 13.0. The van der Waals surface area contributed by atoms with Gasteiger partial charge in [0.25, 0.3) is 0 Å². The molecule has 27 heavy (non-hydrogen) atoms. The lowest BCUT2D eigenvalue weighted by molar-refractivity contribution is 0.0528. The number of nitrogens with one attached hydrogen (secondary N) is 1. The van der Waals surface area contributed by atoms with E-state index in [1.54, 1.807) is 0 Å². The number of carbonyl (C=O) groups is 1. The zero-order valence-corrected chi connectivity index (χ0v) is 17.7. The predicted molar refractivity (Wildman–Crippen MR) is 116 cm³/mol. The Morgan fingerprint density at radius 2 is 1.93 bits per heavy atom. The van der Waals surface area contributed by atoms with Crippen LogP contribution in [0.1, 0.15) is 37.6 Å². The highest BCUT2D eigenvalue weighted by Gasteiger charge is 2.25. The van der Waals surface area contributed by atoms with Crippen molar-refractivity contribution in [3.63, 3.8) is 0 Å². The summed E-state index contributed by atoms with van der Waals surface area (Å²) >= 11 is 7.20. The van der Waals surface area contributed by atoms with E-state index in [1.807, 2.05) is 43.3 Å². The van der Waals surface area contributed by atoms with Gasteiger partial charge in [-0.05, 0) is 49.0 Å². The molecule has 0 bridgehead atoms. The van der Waals surface area contributed by atoms with Crippen LogP contribution in [0.5, 0.6) is 0 Å². The third-order valence-corrected chi connectivity index (χ3v) is 6.12. The Bertz CT molecular complexity index is 794. The highest BCUT2D eigenvalue weighted by Crippen LogP contribution is 2.36. The minimum absolute atomic E-state index is 0.318. The first kappa shape index (κ1) is 19.8. The molecule has 1 N–H and O–H groups in total. The van der Waals surface area contributed by atoms with Crippen LogP contribution >= 0.6 is 23.6 Å². The Hall–Kier alpha value is -1.92. The number of carbonyl (C=O) groups excluding carboxylic acids is 1. The lowest BCUT2D eigenvalue weighted by Crippen LogP contribution is -2.44. The lowest BCUT2D eigenvalue weighted by Gasteiger charge is -2.36. The van der Waals surface area contributed by atoms with Crippen molar-refractivity contribution >= 4 is 39.6 Å². The maximum atomic E-state index is 12.5. The first-order valence-corrected chi connectivity index (χ1v) is 10.6. The molecule has 0 saturated carbocycles. The molecule has 0 aliphatic carbocycles. The van der Waals surface area contributed by atoms with E-state index >= 15 is 0 Å². The Balaban J connectivity index is 1.85. The van der Waals surface area contributed by atoms with E-state index in [4.69, 9.17) is 17.0 Å². The molecular weight excluding hydrogens is 376 g/mol. The molecule has 6 heteroatoms. The molecule has 2 heterocycles. The van der Waals surface area contributed by atoms with Crippen molar-refractivity contribution < 1.29 is 9.53 Å². The molecule has 1 aliphatic rings. The Labute approximate surface area is 170 Å². The normalized spacial score (nSPS) is 19.6. The highest BCUT2D eigenvalue weighted by molar-refractivity contribution is 7.80. The van der Waals surface area contributed by atoms with Crippen LogP contribution in [0.3, 0.4) is 0 Å². The van der Waals surface area contributed by atoms with Crippen LogP contribution in [-0.4, -0.2) is 35.7 Å². The number of nitrogens with zero attached hydrogens (tertiary/aromatic N) is 1. The van der Waals surface area contributed by atoms with Gasteiger partial charge in [-0.15, -0.1) is 11.3 Å². The van der Waals surface area contributed by atoms with Crippen molar-refractivity contribution in [3.8, 4) is 10.4 Å². The standard InChI is InChI=1S/C21H26N2O2S2/c1-4-25-20(24)17-11-18(16-8-6-5-7-9-16)27-19(17)22-21(26)23-12-14(2)10-15(3)13-23/h5-9,11,14-15H,4,10,12-13H2,1-3H3,(H,22,26). The molecule has 1 aliphatic heterocycles.